The number of carbonyl (C=O) groups excluding carboxylic acids is 1. The van der Waals surface area contributed by atoms with Crippen molar-refractivity contribution < 1.29 is 4.79 Å². The summed E-state index contributed by atoms with van der Waals surface area (Å²) in [4.78, 5) is 15.9. The Morgan fingerprint density at radius 1 is 1.33 bits per heavy atom. The number of pyridine rings is 1. The third kappa shape index (κ3) is 2.75. The SMILES string of the molecule is CC(=O)Nc1c(Br)c(C(Br)Br)nc2ccccc12. The fourth-order valence-electron chi connectivity index (χ4n) is 1.65. The molecule has 0 bridgehead atoms. The maximum atomic E-state index is 11.3. The lowest BCUT2D eigenvalue weighted by atomic mass is 10.1. The molecule has 1 N–H and O–H groups in total. The molecule has 0 aliphatic rings. The van der Waals surface area contributed by atoms with E-state index < -0.39 is 0 Å². The molecule has 1 amide bonds. The fraction of sp³-hybridized carbons (Fsp3) is 0.167. The average Bonchev–Trinajstić information content (AvgIpc) is 2.31. The first kappa shape index (κ1) is 14.0. The minimum absolute atomic E-state index is 0.0866. The number of rotatable bonds is 2. The first-order chi connectivity index (χ1) is 8.50. The summed E-state index contributed by atoms with van der Waals surface area (Å²) in [5.74, 6) is -0.112. The van der Waals surface area contributed by atoms with E-state index in [2.05, 4.69) is 58.1 Å². The molecule has 0 aliphatic heterocycles. The quantitative estimate of drug-likeness (QED) is 0.690. The van der Waals surface area contributed by atoms with Gasteiger partial charge in [0.1, 0.15) is 3.74 Å². The topological polar surface area (TPSA) is 42.0 Å². The zero-order chi connectivity index (χ0) is 13.3. The number of amides is 1. The number of para-hydroxylation sites is 1. The van der Waals surface area contributed by atoms with Crippen LogP contribution < -0.4 is 5.32 Å². The number of hydrogen-bond acceptors (Lipinski definition) is 2. The highest BCUT2D eigenvalue weighted by Crippen LogP contribution is 2.40. The van der Waals surface area contributed by atoms with E-state index in [0.29, 0.717) is 0 Å². The van der Waals surface area contributed by atoms with E-state index in [1.165, 1.54) is 6.92 Å². The number of carbonyl (C=O) groups is 1. The number of anilines is 1. The van der Waals surface area contributed by atoms with Crippen molar-refractivity contribution in [2.45, 2.75) is 10.7 Å². The van der Waals surface area contributed by atoms with Crippen molar-refractivity contribution in [1.82, 2.24) is 4.98 Å². The summed E-state index contributed by atoms with van der Waals surface area (Å²) < 4.78 is 0.687. The number of benzene rings is 1. The first-order valence-electron chi connectivity index (χ1n) is 5.14. The van der Waals surface area contributed by atoms with Crippen molar-refractivity contribution in [2.75, 3.05) is 5.32 Å². The van der Waals surface area contributed by atoms with Crippen molar-refractivity contribution >= 4 is 70.3 Å². The predicted molar refractivity (Wildman–Crippen MR) is 84.3 cm³/mol. The van der Waals surface area contributed by atoms with Crippen LogP contribution in [0.1, 0.15) is 16.4 Å². The van der Waals surface area contributed by atoms with Crippen LogP contribution in [-0.4, -0.2) is 10.9 Å². The molecule has 0 atom stereocenters. The Labute approximate surface area is 130 Å². The minimum Gasteiger partial charge on any atom is -0.325 e. The van der Waals surface area contributed by atoms with Gasteiger partial charge in [-0.2, -0.15) is 0 Å². The number of halogens is 3. The third-order valence-corrected chi connectivity index (χ3v) is 4.04. The second-order valence-corrected chi connectivity index (χ2v) is 7.54. The largest absolute Gasteiger partial charge is 0.325 e. The van der Waals surface area contributed by atoms with Gasteiger partial charge in [0, 0.05) is 12.3 Å². The van der Waals surface area contributed by atoms with E-state index in [1.54, 1.807) is 0 Å². The monoisotopic (exact) mass is 434 g/mol. The highest BCUT2D eigenvalue weighted by atomic mass is 79.9. The highest BCUT2D eigenvalue weighted by Gasteiger charge is 2.17. The molecule has 0 radical (unpaired) electrons. The molecular formula is C12H9Br3N2O. The summed E-state index contributed by atoms with van der Waals surface area (Å²) in [6.07, 6.45) is 0. The van der Waals surface area contributed by atoms with Crippen LogP contribution in [0.25, 0.3) is 10.9 Å². The van der Waals surface area contributed by atoms with Gasteiger partial charge in [0.2, 0.25) is 5.91 Å². The molecule has 0 spiro atoms. The summed E-state index contributed by atoms with van der Waals surface area (Å²) in [5.41, 5.74) is 2.37. The molecule has 1 heterocycles. The molecule has 18 heavy (non-hydrogen) atoms. The van der Waals surface area contributed by atoms with E-state index in [9.17, 15) is 4.79 Å². The van der Waals surface area contributed by atoms with Gasteiger partial charge in [0.15, 0.2) is 0 Å². The number of nitrogens with zero attached hydrogens (tertiary/aromatic N) is 1. The fourth-order valence-corrected chi connectivity index (χ4v) is 3.56. The van der Waals surface area contributed by atoms with E-state index in [0.717, 1.165) is 26.8 Å². The van der Waals surface area contributed by atoms with Gasteiger partial charge in [-0.05, 0) is 22.0 Å². The van der Waals surface area contributed by atoms with Crippen molar-refractivity contribution in [2.24, 2.45) is 0 Å². The Balaban J connectivity index is 2.77. The Hall–Kier alpha value is -0.460. The van der Waals surface area contributed by atoms with Gasteiger partial charge in [-0.25, -0.2) is 4.98 Å². The molecule has 0 fully saturated rings. The van der Waals surface area contributed by atoms with Gasteiger partial charge in [-0.3, -0.25) is 4.79 Å². The molecule has 2 rings (SSSR count). The average molecular weight is 437 g/mol. The normalized spacial score (nSPS) is 10.9. The predicted octanol–water partition coefficient (Wildman–Crippen LogP) is 4.74. The van der Waals surface area contributed by atoms with Crippen LogP contribution in [0.2, 0.25) is 0 Å². The zero-order valence-corrected chi connectivity index (χ0v) is 14.1. The van der Waals surface area contributed by atoms with Crippen molar-refractivity contribution in [3.05, 3.63) is 34.4 Å². The smallest absolute Gasteiger partial charge is 0.221 e. The Morgan fingerprint density at radius 2 is 2.00 bits per heavy atom. The van der Waals surface area contributed by atoms with E-state index in [1.807, 2.05) is 24.3 Å². The standard InChI is InChI=1S/C12H9Br3N2O/c1-6(18)16-10-7-4-2-3-5-8(7)17-11(9(10)13)12(14)15/h2-5,12H,1H3,(H,16,17,18). The molecule has 1 aromatic carbocycles. The summed E-state index contributed by atoms with van der Waals surface area (Å²) in [5, 5.41) is 3.75. The van der Waals surface area contributed by atoms with Crippen molar-refractivity contribution in [3.63, 3.8) is 0 Å². The molecule has 0 saturated carbocycles. The van der Waals surface area contributed by atoms with Crippen molar-refractivity contribution in [3.8, 4) is 0 Å². The Morgan fingerprint density at radius 3 is 2.61 bits per heavy atom. The van der Waals surface area contributed by atoms with Gasteiger partial charge in [0.05, 0.1) is 21.4 Å². The maximum Gasteiger partial charge on any atom is 0.221 e. The van der Waals surface area contributed by atoms with Crippen LogP contribution in [0.3, 0.4) is 0 Å². The highest BCUT2D eigenvalue weighted by molar-refractivity contribution is 9.24. The Kier molecular flexibility index (Phi) is 4.40. The molecule has 0 aliphatic carbocycles. The summed E-state index contributed by atoms with van der Waals surface area (Å²) in [6, 6.07) is 7.68. The maximum absolute atomic E-state index is 11.3. The number of aromatic nitrogens is 1. The second kappa shape index (κ2) is 5.67. The van der Waals surface area contributed by atoms with E-state index in [-0.39, 0.29) is 9.64 Å². The van der Waals surface area contributed by atoms with Gasteiger partial charge in [-0.1, -0.05) is 50.1 Å². The summed E-state index contributed by atoms with van der Waals surface area (Å²) in [6.45, 7) is 1.49. The summed E-state index contributed by atoms with van der Waals surface area (Å²) >= 11 is 10.4. The molecule has 94 valence electrons. The molecule has 3 nitrogen and oxygen atoms in total. The zero-order valence-electron chi connectivity index (χ0n) is 9.38. The molecule has 1 aromatic heterocycles. The lowest BCUT2D eigenvalue weighted by molar-refractivity contribution is -0.114. The summed E-state index contributed by atoms with van der Waals surface area (Å²) in [7, 11) is 0. The van der Waals surface area contributed by atoms with Gasteiger partial charge < -0.3 is 5.32 Å². The van der Waals surface area contributed by atoms with Crippen LogP contribution >= 0.6 is 47.8 Å². The number of alkyl halides is 2. The van der Waals surface area contributed by atoms with Gasteiger partial charge in [0.25, 0.3) is 0 Å². The lowest BCUT2D eigenvalue weighted by Gasteiger charge is -2.14. The lowest BCUT2D eigenvalue weighted by Crippen LogP contribution is -2.08. The van der Waals surface area contributed by atoms with E-state index in [4.69, 9.17) is 0 Å². The number of nitrogens with one attached hydrogen (secondary N) is 1. The Bertz CT molecular complexity index is 614. The molecular weight excluding hydrogens is 428 g/mol. The van der Waals surface area contributed by atoms with Gasteiger partial charge in [-0.15, -0.1) is 0 Å². The van der Waals surface area contributed by atoms with Crippen LogP contribution in [0.4, 0.5) is 5.69 Å². The minimum atomic E-state index is -0.112. The number of fused-ring (bicyclic) bond motifs is 1. The van der Waals surface area contributed by atoms with Gasteiger partial charge >= 0.3 is 0 Å². The van der Waals surface area contributed by atoms with Crippen LogP contribution in [-0.2, 0) is 4.79 Å². The van der Waals surface area contributed by atoms with E-state index >= 15 is 0 Å². The first-order valence-corrected chi connectivity index (χ1v) is 7.77. The second-order valence-electron chi connectivity index (χ2n) is 3.69. The molecule has 6 heteroatoms. The third-order valence-electron chi connectivity index (χ3n) is 2.37. The molecule has 0 saturated heterocycles. The van der Waals surface area contributed by atoms with Crippen LogP contribution in [0.15, 0.2) is 28.7 Å². The van der Waals surface area contributed by atoms with Crippen molar-refractivity contribution in [1.29, 1.82) is 0 Å². The molecule has 0 unspecified atom stereocenters. The number of hydrogen-bond donors (Lipinski definition) is 1. The van der Waals surface area contributed by atoms with Crippen LogP contribution in [0.5, 0.6) is 0 Å². The van der Waals surface area contributed by atoms with Crippen LogP contribution in [0, 0.1) is 0 Å². The molecule has 2 aromatic rings.